The zero-order valence-electron chi connectivity index (χ0n) is 11.4. The van der Waals surface area contributed by atoms with E-state index >= 15 is 0 Å². The Morgan fingerprint density at radius 3 is 2.55 bits per heavy atom. The van der Waals surface area contributed by atoms with Crippen molar-refractivity contribution in [2.75, 3.05) is 7.11 Å². The predicted molar refractivity (Wildman–Crippen MR) is 82.9 cm³/mol. The van der Waals surface area contributed by atoms with Gasteiger partial charge in [0.15, 0.2) is 0 Å². The van der Waals surface area contributed by atoms with Crippen molar-refractivity contribution in [2.24, 2.45) is 0 Å². The van der Waals surface area contributed by atoms with Crippen LogP contribution < -0.4 is 4.74 Å². The topological polar surface area (TPSA) is 29.5 Å². The maximum atomic E-state index is 10.3. The van der Waals surface area contributed by atoms with E-state index in [0.29, 0.717) is 22.2 Å². The third-order valence-corrected chi connectivity index (χ3v) is 3.88. The van der Waals surface area contributed by atoms with Crippen molar-refractivity contribution in [1.82, 2.24) is 0 Å². The molecule has 2 nitrogen and oxygen atoms in total. The number of aryl methyl sites for hydroxylation is 1. The maximum Gasteiger partial charge on any atom is 0.122 e. The number of aliphatic hydroxyl groups excluding tert-OH is 1. The monoisotopic (exact) mass is 310 g/mol. The highest BCUT2D eigenvalue weighted by Gasteiger charge is 2.13. The molecule has 1 N–H and O–H groups in total. The minimum Gasteiger partial charge on any atom is -0.496 e. The Morgan fingerprint density at radius 1 is 1.15 bits per heavy atom. The van der Waals surface area contributed by atoms with Crippen molar-refractivity contribution >= 4 is 23.2 Å². The first-order valence-electron chi connectivity index (χ1n) is 6.28. The van der Waals surface area contributed by atoms with Gasteiger partial charge in [-0.1, -0.05) is 35.3 Å². The quantitative estimate of drug-likeness (QED) is 0.895. The van der Waals surface area contributed by atoms with Crippen molar-refractivity contribution in [1.29, 1.82) is 0 Å². The van der Waals surface area contributed by atoms with Crippen molar-refractivity contribution in [3.05, 3.63) is 63.1 Å². The second kappa shape index (κ2) is 6.49. The average Bonchev–Trinajstić information content (AvgIpc) is 2.42. The Hall–Kier alpha value is -1.22. The van der Waals surface area contributed by atoms with Crippen LogP contribution in [-0.2, 0) is 6.42 Å². The van der Waals surface area contributed by atoms with Crippen LogP contribution in [0.25, 0.3) is 0 Å². The van der Waals surface area contributed by atoms with Crippen LogP contribution in [0.2, 0.25) is 10.0 Å². The zero-order valence-corrected chi connectivity index (χ0v) is 12.9. The van der Waals surface area contributed by atoms with Crippen LogP contribution in [0.15, 0.2) is 36.4 Å². The lowest BCUT2D eigenvalue weighted by Gasteiger charge is -2.15. The molecule has 0 heterocycles. The summed E-state index contributed by atoms with van der Waals surface area (Å²) in [6.45, 7) is 1.93. The number of halogens is 2. The molecule has 0 aliphatic heterocycles. The largest absolute Gasteiger partial charge is 0.496 e. The molecule has 0 aliphatic rings. The molecule has 4 heteroatoms. The molecule has 0 spiro atoms. The van der Waals surface area contributed by atoms with Crippen molar-refractivity contribution < 1.29 is 9.84 Å². The van der Waals surface area contributed by atoms with E-state index in [1.807, 2.05) is 19.1 Å². The number of hydrogen-bond acceptors (Lipinski definition) is 2. The second-order valence-corrected chi connectivity index (χ2v) is 5.53. The van der Waals surface area contributed by atoms with Gasteiger partial charge in [0.2, 0.25) is 0 Å². The van der Waals surface area contributed by atoms with Gasteiger partial charge in [0.1, 0.15) is 5.75 Å². The molecular formula is C16H16Cl2O2. The van der Waals surface area contributed by atoms with Gasteiger partial charge < -0.3 is 9.84 Å². The van der Waals surface area contributed by atoms with E-state index in [2.05, 4.69) is 0 Å². The van der Waals surface area contributed by atoms with Gasteiger partial charge in [-0.2, -0.15) is 0 Å². The molecule has 0 aliphatic carbocycles. The molecule has 0 fully saturated rings. The lowest BCUT2D eigenvalue weighted by Crippen LogP contribution is -2.03. The van der Waals surface area contributed by atoms with E-state index in [1.165, 1.54) is 0 Å². The Labute approximate surface area is 128 Å². The fourth-order valence-electron chi connectivity index (χ4n) is 2.05. The summed E-state index contributed by atoms with van der Waals surface area (Å²) in [6, 6.07) is 10.9. The number of ether oxygens (including phenoxy) is 1. The molecule has 1 unspecified atom stereocenters. The zero-order chi connectivity index (χ0) is 14.7. The first kappa shape index (κ1) is 15.2. The van der Waals surface area contributed by atoms with E-state index < -0.39 is 6.10 Å². The summed E-state index contributed by atoms with van der Waals surface area (Å²) in [5, 5.41) is 11.6. The molecule has 0 bridgehead atoms. The molecule has 0 amide bonds. The van der Waals surface area contributed by atoms with Gasteiger partial charge in [-0.3, -0.25) is 0 Å². The standard InChI is InChI=1S/C16H16Cl2O2/c1-10-3-4-11(8-14(10)18)15(19)9-12-7-13(17)5-6-16(12)20-2/h3-8,15,19H,9H2,1-2H3. The Bertz CT molecular complexity index is 611. The summed E-state index contributed by atoms with van der Waals surface area (Å²) in [4.78, 5) is 0. The van der Waals surface area contributed by atoms with Crippen molar-refractivity contribution in [2.45, 2.75) is 19.4 Å². The highest BCUT2D eigenvalue weighted by molar-refractivity contribution is 6.31. The van der Waals surface area contributed by atoms with Crippen molar-refractivity contribution in [3.8, 4) is 5.75 Å². The SMILES string of the molecule is COc1ccc(Cl)cc1CC(O)c1ccc(C)c(Cl)c1. The van der Waals surface area contributed by atoms with Gasteiger partial charge >= 0.3 is 0 Å². The van der Waals surface area contributed by atoms with E-state index in [4.69, 9.17) is 27.9 Å². The maximum absolute atomic E-state index is 10.3. The van der Waals surface area contributed by atoms with Gasteiger partial charge in [-0.05, 0) is 47.9 Å². The van der Waals surface area contributed by atoms with Gasteiger partial charge in [-0.25, -0.2) is 0 Å². The fraction of sp³-hybridized carbons (Fsp3) is 0.250. The summed E-state index contributed by atoms with van der Waals surface area (Å²) in [7, 11) is 1.60. The Kier molecular flexibility index (Phi) is 4.92. The summed E-state index contributed by atoms with van der Waals surface area (Å²) in [5.74, 6) is 0.714. The van der Waals surface area contributed by atoms with Crippen LogP contribution in [0.5, 0.6) is 5.75 Å². The predicted octanol–water partition coefficient (Wildman–Crippen LogP) is 4.59. The van der Waals surface area contributed by atoms with E-state index in [9.17, 15) is 5.11 Å². The van der Waals surface area contributed by atoms with Crippen LogP contribution in [0.4, 0.5) is 0 Å². The minimum atomic E-state index is -0.652. The van der Waals surface area contributed by atoms with Gasteiger partial charge in [-0.15, -0.1) is 0 Å². The summed E-state index contributed by atoms with van der Waals surface area (Å²) >= 11 is 12.1. The number of rotatable bonds is 4. The normalized spacial score (nSPS) is 12.2. The molecule has 0 radical (unpaired) electrons. The molecule has 2 aromatic rings. The van der Waals surface area contributed by atoms with Crippen LogP contribution in [0.3, 0.4) is 0 Å². The van der Waals surface area contributed by atoms with Crippen LogP contribution in [0, 0.1) is 6.92 Å². The Morgan fingerprint density at radius 2 is 1.90 bits per heavy atom. The molecule has 20 heavy (non-hydrogen) atoms. The first-order chi connectivity index (χ1) is 9.51. The minimum absolute atomic E-state index is 0.420. The van der Waals surface area contributed by atoms with Crippen LogP contribution >= 0.6 is 23.2 Å². The van der Waals surface area contributed by atoms with Gasteiger partial charge in [0.05, 0.1) is 13.2 Å². The third kappa shape index (κ3) is 3.45. The highest BCUT2D eigenvalue weighted by atomic mass is 35.5. The van der Waals surface area contributed by atoms with E-state index in [-0.39, 0.29) is 0 Å². The molecule has 0 aromatic heterocycles. The molecule has 106 valence electrons. The third-order valence-electron chi connectivity index (χ3n) is 3.24. The van der Waals surface area contributed by atoms with Crippen LogP contribution in [0.1, 0.15) is 22.8 Å². The van der Waals surface area contributed by atoms with E-state index in [1.54, 1.807) is 31.4 Å². The van der Waals surface area contributed by atoms with Crippen LogP contribution in [-0.4, -0.2) is 12.2 Å². The van der Waals surface area contributed by atoms with Gasteiger partial charge in [0.25, 0.3) is 0 Å². The molecular weight excluding hydrogens is 295 g/mol. The lowest BCUT2D eigenvalue weighted by atomic mass is 10.00. The van der Waals surface area contributed by atoms with E-state index in [0.717, 1.165) is 16.7 Å². The average molecular weight is 311 g/mol. The summed E-state index contributed by atoms with van der Waals surface area (Å²) < 4.78 is 5.28. The summed E-state index contributed by atoms with van der Waals surface area (Å²) in [5.41, 5.74) is 2.63. The molecule has 2 aromatic carbocycles. The second-order valence-electron chi connectivity index (χ2n) is 4.68. The van der Waals surface area contributed by atoms with Gasteiger partial charge in [0, 0.05) is 16.5 Å². The highest BCUT2D eigenvalue weighted by Crippen LogP contribution is 2.29. The number of methoxy groups -OCH3 is 1. The first-order valence-corrected chi connectivity index (χ1v) is 7.03. The molecule has 0 saturated carbocycles. The Balaban J connectivity index is 2.24. The smallest absolute Gasteiger partial charge is 0.122 e. The fourth-order valence-corrected chi connectivity index (χ4v) is 2.43. The number of hydrogen-bond donors (Lipinski definition) is 1. The molecule has 1 atom stereocenters. The molecule has 0 saturated heterocycles. The molecule has 2 rings (SSSR count). The van der Waals surface area contributed by atoms with Crippen molar-refractivity contribution in [3.63, 3.8) is 0 Å². The summed E-state index contributed by atoms with van der Waals surface area (Å²) in [6.07, 6.45) is -0.233. The number of benzene rings is 2. The lowest BCUT2D eigenvalue weighted by molar-refractivity contribution is 0.177. The number of aliphatic hydroxyl groups is 1.